The molecule has 1 N–H and O–H groups in total. The molecule has 0 atom stereocenters. The summed E-state index contributed by atoms with van der Waals surface area (Å²) in [5, 5.41) is 0. The summed E-state index contributed by atoms with van der Waals surface area (Å²) in [6.45, 7) is 0. The Labute approximate surface area is 70.7 Å². The van der Waals surface area contributed by atoms with Crippen LogP contribution in [0.1, 0.15) is 0 Å². The van der Waals surface area contributed by atoms with E-state index in [1.54, 1.807) is 0 Å². The largest absolute Gasteiger partial charge is 0.643 e. The first-order chi connectivity index (χ1) is 3.73. The van der Waals surface area contributed by atoms with Crippen molar-refractivity contribution in [3.8, 4) is 0 Å². The highest BCUT2D eigenvalue weighted by Gasteiger charge is 2.00. The zero-order valence-corrected chi connectivity index (χ0v) is 8.62. The lowest BCUT2D eigenvalue weighted by Crippen LogP contribution is -1.88. The van der Waals surface area contributed by atoms with Crippen LogP contribution in [0.15, 0.2) is 0 Å². The Kier molecular flexibility index (Phi) is 8.70. The average molecular weight is 229 g/mol. The Morgan fingerprint density at radius 3 is 1.33 bits per heavy atom. The molecule has 0 aliphatic rings. The first-order valence-corrected chi connectivity index (χ1v) is 8.66. The van der Waals surface area contributed by atoms with Crippen molar-refractivity contribution < 1.29 is 13.0 Å². The van der Waals surface area contributed by atoms with E-state index in [-0.39, 0.29) is 0 Å². The Balaban J connectivity index is 0. The van der Waals surface area contributed by atoms with Crippen LogP contribution in [0.2, 0.25) is 0 Å². The summed E-state index contributed by atoms with van der Waals surface area (Å²) in [6.07, 6.45) is 0.715. The first kappa shape index (κ1) is 12.9. The Morgan fingerprint density at radius 1 is 1.33 bits per heavy atom. The lowest BCUT2D eigenvalue weighted by Gasteiger charge is -1.69. The molecule has 3 nitrogen and oxygen atoms in total. The van der Waals surface area contributed by atoms with Crippen LogP contribution in [0.25, 0.3) is 0 Å². The first-order valence-electron chi connectivity index (χ1n) is 1.58. The second-order valence-electron chi connectivity index (χ2n) is 0.980. The van der Waals surface area contributed by atoms with E-state index in [9.17, 15) is 8.42 Å². The zero-order chi connectivity index (χ0) is 8.08. The summed E-state index contributed by atoms with van der Waals surface area (Å²) in [5.74, 6) is 0. The van der Waals surface area contributed by atoms with Gasteiger partial charge in [-0.05, 0) is 0 Å². The molecule has 0 aromatic rings. The molecule has 0 radical (unpaired) electrons. The summed E-state index contributed by atoms with van der Waals surface area (Å²) in [5.41, 5.74) is 0. The molecule has 0 bridgehead atoms. The molecular formula is CH4AlCl3O3S. The maximum atomic E-state index is 9.19. The smallest absolute Gasteiger partial charge is 0.286 e. The number of hydrogen-bond donors (Lipinski definition) is 1. The van der Waals surface area contributed by atoms with Gasteiger partial charge in [-0.1, -0.05) is 0 Å². The van der Waals surface area contributed by atoms with Crippen LogP contribution in [0.3, 0.4) is 0 Å². The van der Waals surface area contributed by atoms with E-state index in [1.165, 1.54) is 0 Å². The van der Waals surface area contributed by atoms with E-state index < -0.39 is 21.5 Å². The number of halogens is 3. The minimum Gasteiger partial charge on any atom is -0.286 e. The van der Waals surface area contributed by atoms with Crippen LogP contribution < -0.4 is 0 Å². The quantitative estimate of drug-likeness (QED) is 0.501. The van der Waals surface area contributed by atoms with Gasteiger partial charge in [-0.2, -0.15) is 8.42 Å². The van der Waals surface area contributed by atoms with Crippen molar-refractivity contribution in [1.82, 2.24) is 0 Å². The zero-order valence-electron chi connectivity index (χ0n) is 4.38. The summed E-state index contributed by atoms with van der Waals surface area (Å²) in [6, 6.07) is 0. The van der Waals surface area contributed by atoms with E-state index in [2.05, 4.69) is 0 Å². The molecule has 8 heteroatoms. The summed E-state index contributed by atoms with van der Waals surface area (Å²) < 4.78 is 25.9. The SMILES string of the molecule is CS(=O)(=O)O.[Cl][Al]([Cl])[Cl]. The summed E-state index contributed by atoms with van der Waals surface area (Å²) in [4.78, 5) is 0. The highest BCUT2D eigenvalue weighted by molar-refractivity contribution is 7.85. The molecule has 0 heterocycles. The van der Waals surface area contributed by atoms with Crippen molar-refractivity contribution in [1.29, 1.82) is 0 Å². The molecule has 0 aliphatic carbocycles. The highest BCUT2D eigenvalue weighted by Crippen LogP contribution is 1.97. The van der Waals surface area contributed by atoms with Gasteiger partial charge in [0.15, 0.2) is 0 Å². The van der Waals surface area contributed by atoms with Crippen LogP contribution in [0.4, 0.5) is 0 Å². The predicted molar refractivity (Wildman–Crippen MR) is 40.8 cm³/mol. The molecule has 0 saturated carbocycles. The minimum atomic E-state index is -3.67. The third-order valence-corrected chi connectivity index (χ3v) is 0. The molecule has 56 valence electrons. The van der Waals surface area contributed by atoms with Crippen molar-refractivity contribution in [2.24, 2.45) is 0 Å². The standard InChI is InChI=1S/CH4O3S.Al.3ClH/c1-5(2,3)4;;;;/h1H3,(H,2,3,4);;3*1H/q;+3;;;/p-3. The molecule has 0 amide bonds. The van der Waals surface area contributed by atoms with Crippen molar-refractivity contribution in [2.75, 3.05) is 6.26 Å². The molecule has 0 rings (SSSR count). The van der Waals surface area contributed by atoms with Gasteiger partial charge < -0.3 is 0 Å². The topological polar surface area (TPSA) is 54.4 Å². The van der Waals surface area contributed by atoms with E-state index >= 15 is 0 Å². The lowest BCUT2D eigenvalue weighted by atomic mass is 12.0. The van der Waals surface area contributed by atoms with E-state index in [4.69, 9.17) is 34.7 Å². The van der Waals surface area contributed by atoms with Gasteiger partial charge in [-0.15, -0.1) is 0 Å². The third-order valence-electron chi connectivity index (χ3n) is 0. The predicted octanol–water partition coefficient (Wildman–Crippen LogP) is 1.19. The fourth-order valence-corrected chi connectivity index (χ4v) is 0. The van der Waals surface area contributed by atoms with E-state index in [1.807, 2.05) is 0 Å². The van der Waals surface area contributed by atoms with Crippen LogP contribution in [0, 0.1) is 0 Å². The third kappa shape index (κ3) is 289. The van der Waals surface area contributed by atoms with Crippen molar-refractivity contribution >= 4 is 51.6 Å². The van der Waals surface area contributed by atoms with E-state index in [0.29, 0.717) is 6.26 Å². The minimum absolute atomic E-state index is 0.715. The van der Waals surface area contributed by atoms with E-state index in [0.717, 1.165) is 0 Å². The molecule has 0 saturated heterocycles. The maximum absolute atomic E-state index is 9.19. The Bertz CT molecular complexity index is 130. The van der Waals surface area contributed by atoms with Crippen LogP contribution in [0.5, 0.6) is 0 Å². The van der Waals surface area contributed by atoms with Crippen LogP contribution in [-0.2, 0) is 10.1 Å². The number of rotatable bonds is 0. The van der Waals surface area contributed by atoms with Gasteiger partial charge in [0.2, 0.25) is 0 Å². The summed E-state index contributed by atoms with van der Waals surface area (Å²) in [7, 11) is 11.2. The van der Waals surface area contributed by atoms with Gasteiger partial charge in [0, 0.05) is 0 Å². The Hall–Kier alpha value is 1.31. The van der Waals surface area contributed by atoms with Crippen LogP contribution in [-0.4, -0.2) is 30.6 Å². The van der Waals surface area contributed by atoms with Gasteiger partial charge in [0.25, 0.3) is 10.1 Å². The Morgan fingerprint density at radius 2 is 1.33 bits per heavy atom. The molecular weight excluding hydrogens is 225 g/mol. The fourth-order valence-electron chi connectivity index (χ4n) is 0. The highest BCUT2D eigenvalue weighted by atomic mass is 35.8. The van der Waals surface area contributed by atoms with Gasteiger partial charge >= 0.3 is 11.4 Å². The van der Waals surface area contributed by atoms with Gasteiger partial charge in [0.05, 0.1) is 6.26 Å². The molecule has 0 aliphatic heterocycles. The van der Waals surface area contributed by atoms with Gasteiger partial charge in [0.1, 0.15) is 0 Å². The van der Waals surface area contributed by atoms with Crippen LogP contribution >= 0.6 is 30.1 Å². The number of hydrogen-bond acceptors (Lipinski definition) is 2. The van der Waals surface area contributed by atoms with Crippen molar-refractivity contribution in [2.45, 2.75) is 0 Å². The lowest BCUT2D eigenvalue weighted by molar-refractivity contribution is 0.490. The fraction of sp³-hybridized carbons (Fsp3) is 1.00. The van der Waals surface area contributed by atoms with Gasteiger partial charge in [-0.25, -0.2) is 30.1 Å². The monoisotopic (exact) mass is 228 g/mol. The summed E-state index contributed by atoms with van der Waals surface area (Å²) >= 11 is -1.72. The average Bonchev–Trinajstić information content (AvgIpc) is 1.19. The maximum Gasteiger partial charge on any atom is 0.643 e. The molecule has 0 aromatic heterocycles. The van der Waals surface area contributed by atoms with Crippen molar-refractivity contribution in [3.63, 3.8) is 0 Å². The normalized spacial score (nSPS) is 9.44. The molecule has 9 heavy (non-hydrogen) atoms. The van der Waals surface area contributed by atoms with Gasteiger partial charge in [-0.3, -0.25) is 4.55 Å². The molecule has 0 aromatic carbocycles. The second kappa shape index (κ2) is 6.05. The van der Waals surface area contributed by atoms with Crippen molar-refractivity contribution in [3.05, 3.63) is 0 Å². The molecule has 0 fully saturated rings. The molecule has 0 unspecified atom stereocenters. The second-order valence-corrected chi connectivity index (χ2v) is 8.88. The molecule has 0 spiro atoms.